The van der Waals surface area contributed by atoms with Crippen molar-refractivity contribution < 1.29 is 9.59 Å². The molecule has 1 atom stereocenters. The van der Waals surface area contributed by atoms with Crippen molar-refractivity contribution in [3.8, 4) is 0 Å². The molecule has 2 amide bonds. The van der Waals surface area contributed by atoms with Crippen LogP contribution < -0.4 is 11.1 Å². The maximum absolute atomic E-state index is 12.8. The molecule has 1 aliphatic rings. The fourth-order valence-electron chi connectivity index (χ4n) is 2.89. The van der Waals surface area contributed by atoms with Crippen LogP contribution in [0, 0.1) is 5.92 Å². The number of carbonyl (C=O) groups excluding carboxylic acids is 2. The first-order valence-electron chi connectivity index (χ1n) is 7.24. The van der Waals surface area contributed by atoms with Crippen LogP contribution in [-0.2, 0) is 9.59 Å². The molecule has 0 aliphatic carbocycles. The molecule has 110 valence electrons. The predicted molar refractivity (Wildman–Crippen MR) is 75.5 cm³/mol. The minimum absolute atomic E-state index is 0.0180. The Bertz CT molecular complexity index is 323. The molecule has 0 spiro atoms. The summed E-state index contributed by atoms with van der Waals surface area (Å²) in [6.45, 7) is 7.62. The molecule has 5 heteroatoms. The number of nitrogens with zero attached hydrogens (tertiary/aromatic N) is 1. The van der Waals surface area contributed by atoms with Gasteiger partial charge in [-0.15, -0.1) is 0 Å². The van der Waals surface area contributed by atoms with E-state index in [1.807, 2.05) is 13.8 Å². The van der Waals surface area contributed by atoms with Gasteiger partial charge in [0, 0.05) is 6.54 Å². The molecular weight excluding hydrogens is 242 g/mol. The number of nitrogens with one attached hydrogen (secondary N) is 1. The molecule has 0 aromatic rings. The van der Waals surface area contributed by atoms with E-state index in [0.717, 1.165) is 32.2 Å². The molecule has 3 N–H and O–H groups in total. The van der Waals surface area contributed by atoms with Gasteiger partial charge in [-0.05, 0) is 31.7 Å². The second-order valence-electron chi connectivity index (χ2n) is 5.91. The number of nitrogens with two attached hydrogens (primary N) is 1. The topological polar surface area (TPSA) is 75.4 Å². The Morgan fingerprint density at radius 1 is 1.42 bits per heavy atom. The van der Waals surface area contributed by atoms with Gasteiger partial charge in [0.25, 0.3) is 0 Å². The van der Waals surface area contributed by atoms with Gasteiger partial charge < -0.3 is 16.0 Å². The minimum atomic E-state index is -0.473. The monoisotopic (exact) mass is 269 g/mol. The predicted octanol–water partition coefficient (Wildman–Crippen LogP) is 0.879. The summed E-state index contributed by atoms with van der Waals surface area (Å²) < 4.78 is 0. The van der Waals surface area contributed by atoms with Crippen molar-refractivity contribution in [3.63, 3.8) is 0 Å². The summed E-state index contributed by atoms with van der Waals surface area (Å²) in [4.78, 5) is 25.6. The van der Waals surface area contributed by atoms with Crippen molar-refractivity contribution in [2.45, 2.75) is 52.0 Å². The SMILES string of the molecule is CCCC1(C(=O)N(CC(N)=O)CC(C)C)CCCN1. The standard InChI is InChI=1S/C14H27N3O2/c1-4-6-14(7-5-8-16-14)13(19)17(9-11(2)3)10-12(15)18/h11,16H,4-10H2,1-3H3,(H2,15,18). The van der Waals surface area contributed by atoms with E-state index >= 15 is 0 Å². The quantitative estimate of drug-likeness (QED) is 0.720. The first kappa shape index (κ1) is 16.0. The van der Waals surface area contributed by atoms with Crippen molar-refractivity contribution in [1.82, 2.24) is 10.2 Å². The molecule has 1 heterocycles. The third kappa shape index (κ3) is 4.20. The first-order valence-corrected chi connectivity index (χ1v) is 7.24. The van der Waals surface area contributed by atoms with Crippen molar-refractivity contribution in [3.05, 3.63) is 0 Å². The highest BCUT2D eigenvalue weighted by Crippen LogP contribution is 2.27. The average Bonchev–Trinajstić information content (AvgIpc) is 2.76. The molecule has 1 fully saturated rings. The molecule has 0 aromatic heterocycles. The van der Waals surface area contributed by atoms with E-state index in [9.17, 15) is 9.59 Å². The molecule has 1 saturated heterocycles. The Balaban J connectivity index is 2.85. The molecule has 1 rings (SSSR count). The lowest BCUT2D eigenvalue weighted by molar-refractivity contribution is -0.141. The van der Waals surface area contributed by atoms with Crippen LogP contribution in [0.5, 0.6) is 0 Å². The van der Waals surface area contributed by atoms with Crippen LogP contribution in [0.2, 0.25) is 0 Å². The summed E-state index contributed by atoms with van der Waals surface area (Å²) in [6, 6.07) is 0. The van der Waals surface area contributed by atoms with Crippen LogP contribution in [-0.4, -0.2) is 41.9 Å². The largest absolute Gasteiger partial charge is 0.368 e. The lowest BCUT2D eigenvalue weighted by Gasteiger charge is -2.35. The molecule has 1 unspecified atom stereocenters. The van der Waals surface area contributed by atoms with E-state index in [0.29, 0.717) is 12.5 Å². The van der Waals surface area contributed by atoms with Crippen molar-refractivity contribution in [2.75, 3.05) is 19.6 Å². The average molecular weight is 269 g/mol. The van der Waals surface area contributed by atoms with Gasteiger partial charge in [-0.2, -0.15) is 0 Å². The fraction of sp³-hybridized carbons (Fsp3) is 0.857. The lowest BCUT2D eigenvalue weighted by Crippen LogP contribution is -2.57. The summed E-state index contributed by atoms with van der Waals surface area (Å²) in [6.07, 6.45) is 3.63. The van der Waals surface area contributed by atoms with Crippen molar-refractivity contribution >= 4 is 11.8 Å². The van der Waals surface area contributed by atoms with E-state index in [-0.39, 0.29) is 12.5 Å². The van der Waals surface area contributed by atoms with Crippen molar-refractivity contribution in [2.24, 2.45) is 11.7 Å². The van der Waals surface area contributed by atoms with Crippen LogP contribution in [0.1, 0.15) is 46.5 Å². The molecule has 19 heavy (non-hydrogen) atoms. The van der Waals surface area contributed by atoms with Gasteiger partial charge in [-0.25, -0.2) is 0 Å². The zero-order chi connectivity index (χ0) is 14.5. The Morgan fingerprint density at radius 3 is 2.53 bits per heavy atom. The molecule has 0 aromatic carbocycles. The third-order valence-electron chi connectivity index (χ3n) is 3.55. The maximum Gasteiger partial charge on any atom is 0.243 e. The highest BCUT2D eigenvalue weighted by molar-refractivity contribution is 5.90. The van der Waals surface area contributed by atoms with Crippen LogP contribution in [0.3, 0.4) is 0 Å². The van der Waals surface area contributed by atoms with E-state index in [1.54, 1.807) is 4.90 Å². The van der Waals surface area contributed by atoms with Gasteiger partial charge in [0.05, 0.1) is 12.1 Å². The second kappa shape index (κ2) is 6.89. The van der Waals surface area contributed by atoms with Gasteiger partial charge in [0.2, 0.25) is 11.8 Å². The number of primary amides is 1. The third-order valence-corrected chi connectivity index (χ3v) is 3.55. The van der Waals surface area contributed by atoms with Crippen LogP contribution in [0.15, 0.2) is 0 Å². The van der Waals surface area contributed by atoms with E-state index in [1.165, 1.54) is 0 Å². The number of amides is 2. The Labute approximate surface area is 115 Å². The Hall–Kier alpha value is -1.10. The van der Waals surface area contributed by atoms with Gasteiger partial charge in [-0.1, -0.05) is 27.2 Å². The number of hydrogen-bond donors (Lipinski definition) is 2. The zero-order valence-electron chi connectivity index (χ0n) is 12.4. The second-order valence-corrected chi connectivity index (χ2v) is 5.91. The fourth-order valence-corrected chi connectivity index (χ4v) is 2.89. The maximum atomic E-state index is 12.8. The summed E-state index contributed by atoms with van der Waals surface area (Å²) in [5.74, 6) is -0.0821. The molecule has 0 radical (unpaired) electrons. The zero-order valence-corrected chi connectivity index (χ0v) is 12.4. The number of carbonyl (C=O) groups is 2. The highest BCUT2D eigenvalue weighted by Gasteiger charge is 2.42. The Morgan fingerprint density at radius 2 is 2.11 bits per heavy atom. The number of hydrogen-bond acceptors (Lipinski definition) is 3. The Kier molecular flexibility index (Phi) is 5.79. The van der Waals surface area contributed by atoms with Crippen molar-refractivity contribution in [1.29, 1.82) is 0 Å². The minimum Gasteiger partial charge on any atom is -0.368 e. The van der Waals surface area contributed by atoms with Crippen LogP contribution >= 0.6 is 0 Å². The smallest absolute Gasteiger partial charge is 0.243 e. The van der Waals surface area contributed by atoms with Gasteiger partial charge in [0.1, 0.15) is 0 Å². The van der Waals surface area contributed by atoms with Gasteiger partial charge in [0.15, 0.2) is 0 Å². The van der Waals surface area contributed by atoms with E-state index in [2.05, 4.69) is 12.2 Å². The summed E-state index contributed by atoms with van der Waals surface area (Å²) in [7, 11) is 0. The van der Waals surface area contributed by atoms with Gasteiger partial charge in [-0.3, -0.25) is 9.59 Å². The lowest BCUT2D eigenvalue weighted by atomic mass is 9.90. The van der Waals surface area contributed by atoms with Crippen LogP contribution in [0.25, 0.3) is 0 Å². The molecule has 0 bridgehead atoms. The van der Waals surface area contributed by atoms with E-state index < -0.39 is 11.4 Å². The molecular formula is C14H27N3O2. The summed E-state index contributed by atoms with van der Waals surface area (Å²) in [5.41, 5.74) is 4.80. The highest BCUT2D eigenvalue weighted by atomic mass is 16.2. The summed E-state index contributed by atoms with van der Waals surface area (Å²) in [5, 5.41) is 3.35. The first-order chi connectivity index (χ1) is 8.91. The normalized spacial score (nSPS) is 22.7. The molecule has 5 nitrogen and oxygen atoms in total. The van der Waals surface area contributed by atoms with E-state index in [4.69, 9.17) is 5.73 Å². The number of rotatable bonds is 7. The van der Waals surface area contributed by atoms with Gasteiger partial charge >= 0.3 is 0 Å². The molecule has 0 saturated carbocycles. The van der Waals surface area contributed by atoms with Crippen LogP contribution in [0.4, 0.5) is 0 Å². The molecule has 1 aliphatic heterocycles. The summed E-state index contributed by atoms with van der Waals surface area (Å²) >= 11 is 0.